The zero-order chi connectivity index (χ0) is 18.1. The molecule has 0 aliphatic rings. The number of aryl methyl sites for hydroxylation is 1. The van der Waals surface area contributed by atoms with Crippen molar-refractivity contribution in [3.63, 3.8) is 0 Å². The molecule has 25 heavy (non-hydrogen) atoms. The van der Waals surface area contributed by atoms with Crippen LogP contribution in [0.15, 0.2) is 54.1 Å². The van der Waals surface area contributed by atoms with Crippen LogP contribution in [0.25, 0.3) is 6.08 Å². The largest absolute Gasteiger partial charge is 0.504 e. The fraction of sp³-hybridized carbons (Fsp3) is 0.286. The molecular formula is C21H24O4. The van der Waals surface area contributed by atoms with Crippen LogP contribution in [0.1, 0.15) is 30.9 Å². The van der Waals surface area contributed by atoms with E-state index < -0.39 is 0 Å². The Morgan fingerprint density at radius 3 is 2.48 bits per heavy atom. The standard InChI is InChI=1S/C21H24O4/c1-16(22)19(13-18-10-11-20(23)21(24)14-18)15-25-12-6-5-9-17-7-3-2-4-8-17/h2-4,7-8,10-11,13-14,23-24H,5-6,9,12,15H2,1H3/b19-13-. The second-order valence-electron chi connectivity index (χ2n) is 5.97. The van der Waals surface area contributed by atoms with E-state index in [2.05, 4.69) is 12.1 Å². The molecule has 0 spiro atoms. The number of hydrogen-bond acceptors (Lipinski definition) is 4. The fourth-order valence-electron chi connectivity index (χ4n) is 2.44. The summed E-state index contributed by atoms with van der Waals surface area (Å²) in [5.74, 6) is -0.466. The molecule has 0 saturated carbocycles. The van der Waals surface area contributed by atoms with Crippen LogP contribution in [-0.2, 0) is 16.0 Å². The van der Waals surface area contributed by atoms with Gasteiger partial charge in [-0.05, 0) is 55.5 Å². The fourth-order valence-corrected chi connectivity index (χ4v) is 2.44. The Kier molecular flexibility index (Phi) is 7.23. The lowest BCUT2D eigenvalue weighted by Crippen LogP contribution is -2.07. The number of aromatic hydroxyl groups is 2. The molecule has 0 aliphatic heterocycles. The van der Waals surface area contributed by atoms with Gasteiger partial charge >= 0.3 is 0 Å². The van der Waals surface area contributed by atoms with E-state index in [9.17, 15) is 15.0 Å². The van der Waals surface area contributed by atoms with E-state index in [-0.39, 0.29) is 23.9 Å². The van der Waals surface area contributed by atoms with E-state index in [1.54, 1.807) is 12.1 Å². The average molecular weight is 340 g/mol. The molecule has 2 aromatic rings. The molecule has 0 unspecified atom stereocenters. The molecule has 0 bridgehead atoms. The van der Waals surface area contributed by atoms with Gasteiger partial charge in [-0.25, -0.2) is 0 Å². The number of carbonyl (C=O) groups is 1. The van der Waals surface area contributed by atoms with Crippen molar-refractivity contribution in [3.8, 4) is 11.5 Å². The summed E-state index contributed by atoms with van der Waals surface area (Å²) in [5.41, 5.74) is 2.50. The Hall–Kier alpha value is -2.59. The summed E-state index contributed by atoms with van der Waals surface area (Å²) in [7, 11) is 0. The van der Waals surface area contributed by atoms with Gasteiger partial charge in [-0.2, -0.15) is 0 Å². The van der Waals surface area contributed by atoms with Crippen molar-refractivity contribution in [3.05, 3.63) is 65.2 Å². The molecule has 0 heterocycles. The van der Waals surface area contributed by atoms with Crippen LogP contribution in [0.5, 0.6) is 11.5 Å². The van der Waals surface area contributed by atoms with Crippen LogP contribution < -0.4 is 0 Å². The highest BCUT2D eigenvalue weighted by Crippen LogP contribution is 2.26. The second kappa shape index (κ2) is 9.64. The van der Waals surface area contributed by atoms with Gasteiger partial charge in [0.05, 0.1) is 6.61 Å². The van der Waals surface area contributed by atoms with E-state index in [1.807, 2.05) is 18.2 Å². The lowest BCUT2D eigenvalue weighted by Gasteiger charge is -2.07. The van der Waals surface area contributed by atoms with Crippen molar-refractivity contribution < 1.29 is 19.7 Å². The lowest BCUT2D eigenvalue weighted by molar-refractivity contribution is -0.114. The molecule has 2 N–H and O–H groups in total. The van der Waals surface area contributed by atoms with Crippen molar-refractivity contribution in [1.82, 2.24) is 0 Å². The first kappa shape index (κ1) is 18.7. The summed E-state index contributed by atoms with van der Waals surface area (Å²) < 4.78 is 5.62. The maximum Gasteiger partial charge on any atom is 0.158 e. The molecule has 0 radical (unpaired) electrons. The van der Waals surface area contributed by atoms with Crippen molar-refractivity contribution in [1.29, 1.82) is 0 Å². The molecule has 0 aromatic heterocycles. The predicted molar refractivity (Wildman–Crippen MR) is 98.6 cm³/mol. The molecule has 132 valence electrons. The van der Waals surface area contributed by atoms with Crippen LogP contribution in [0, 0.1) is 0 Å². The van der Waals surface area contributed by atoms with Gasteiger partial charge in [0.15, 0.2) is 17.3 Å². The van der Waals surface area contributed by atoms with Crippen molar-refractivity contribution in [2.24, 2.45) is 0 Å². The molecule has 0 saturated heterocycles. The monoisotopic (exact) mass is 340 g/mol. The molecule has 2 aromatic carbocycles. The normalized spacial score (nSPS) is 11.5. The van der Waals surface area contributed by atoms with Crippen LogP contribution in [0.2, 0.25) is 0 Å². The van der Waals surface area contributed by atoms with Gasteiger partial charge in [0.1, 0.15) is 0 Å². The van der Waals surface area contributed by atoms with E-state index in [1.165, 1.54) is 24.6 Å². The molecule has 2 rings (SSSR count). The first-order valence-corrected chi connectivity index (χ1v) is 8.41. The molecule has 4 heteroatoms. The van der Waals surface area contributed by atoms with E-state index >= 15 is 0 Å². The number of ketones is 1. The van der Waals surface area contributed by atoms with E-state index in [4.69, 9.17) is 4.74 Å². The van der Waals surface area contributed by atoms with Crippen LogP contribution in [-0.4, -0.2) is 29.2 Å². The first-order valence-electron chi connectivity index (χ1n) is 8.41. The van der Waals surface area contributed by atoms with Gasteiger partial charge in [-0.1, -0.05) is 36.4 Å². The number of rotatable bonds is 9. The Labute approximate surface area is 148 Å². The van der Waals surface area contributed by atoms with Gasteiger partial charge in [0.25, 0.3) is 0 Å². The topological polar surface area (TPSA) is 66.8 Å². The number of carbonyl (C=O) groups excluding carboxylic acids is 1. The number of phenols is 2. The van der Waals surface area contributed by atoms with Crippen LogP contribution in [0.4, 0.5) is 0 Å². The average Bonchev–Trinajstić information content (AvgIpc) is 2.60. The predicted octanol–water partition coefficient (Wildman–Crippen LogP) is 4.11. The quantitative estimate of drug-likeness (QED) is 0.409. The third kappa shape index (κ3) is 6.43. The highest BCUT2D eigenvalue weighted by Gasteiger charge is 2.06. The van der Waals surface area contributed by atoms with Gasteiger partial charge < -0.3 is 14.9 Å². The minimum absolute atomic E-state index is 0.0724. The molecule has 0 atom stereocenters. The van der Waals surface area contributed by atoms with Gasteiger partial charge in [0.2, 0.25) is 0 Å². The van der Waals surface area contributed by atoms with Crippen LogP contribution in [0.3, 0.4) is 0 Å². The maximum atomic E-state index is 11.7. The second-order valence-corrected chi connectivity index (χ2v) is 5.97. The summed E-state index contributed by atoms with van der Waals surface area (Å²) in [6, 6.07) is 14.8. The first-order chi connectivity index (χ1) is 12.1. The van der Waals surface area contributed by atoms with Crippen molar-refractivity contribution in [2.45, 2.75) is 26.2 Å². The van der Waals surface area contributed by atoms with Gasteiger partial charge in [-0.15, -0.1) is 0 Å². The molecular weight excluding hydrogens is 316 g/mol. The third-order valence-corrected chi connectivity index (χ3v) is 3.90. The number of ether oxygens (including phenoxy) is 1. The molecule has 0 amide bonds. The maximum absolute atomic E-state index is 11.7. The highest BCUT2D eigenvalue weighted by molar-refractivity contribution is 5.98. The number of hydrogen-bond donors (Lipinski definition) is 2. The molecule has 0 aliphatic carbocycles. The van der Waals surface area contributed by atoms with Crippen molar-refractivity contribution in [2.75, 3.05) is 13.2 Å². The summed E-state index contributed by atoms with van der Waals surface area (Å²) in [5, 5.41) is 18.9. The highest BCUT2D eigenvalue weighted by atomic mass is 16.5. The zero-order valence-corrected chi connectivity index (χ0v) is 14.4. The molecule has 4 nitrogen and oxygen atoms in total. The Morgan fingerprint density at radius 1 is 1.04 bits per heavy atom. The van der Waals surface area contributed by atoms with E-state index in [0.717, 1.165) is 19.3 Å². The third-order valence-electron chi connectivity index (χ3n) is 3.90. The minimum Gasteiger partial charge on any atom is -0.504 e. The van der Waals surface area contributed by atoms with E-state index in [0.29, 0.717) is 17.7 Å². The van der Waals surface area contributed by atoms with Crippen LogP contribution >= 0.6 is 0 Å². The number of Topliss-reactive ketones (excluding diaryl/α,β-unsaturated/α-hetero) is 1. The smallest absolute Gasteiger partial charge is 0.158 e. The van der Waals surface area contributed by atoms with Gasteiger partial charge in [-0.3, -0.25) is 4.79 Å². The lowest BCUT2D eigenvalue weighted by atomic mass is 10.1. The SMILES string of the molecule is CC(=O)/C(=C\c1ccc(O)c(O)c1)COCCCCc1ccccc1. The zero-order valence-electron chi connectivity index (χ0n) is 14.4. The summed E-state index contributed by atoms with van der Waals surface area (Å²) >= 11 is 0. The Bertz CT molecular complexity index is 720. The van der Waals surface area contributed by atoms with Crippen molar-refractivity contribution >= 4 is 11.9 Å². The number of phenolic OH excluding ortho intramolecular Hbond substituents is 2. The Morgan fingerprint density at radius 2 is 1.80 bits per heavy atom. The number of benzene rings is 2. The summed E-state index contributed by atoms with van der Waals surface area (Å²) in [6.45, 7) is 2.32. The van der Waals surface area contributed by atoms with Gasteiger partial charge in [0, 0.05) is 12.2 Å². The summed E-state index contributed by atoms with van der Waals surface area (Å²) in [6.07, 6.45) is 4.66. The number of unbranched alkanes of at least 4 members (excludes halogenated alkanes) is 1. The molecule has 0 fully saturated rings. The Balaban J connectivity index is 1.78. The summed E-state index contributed by atoms with van der Waals surface area (Å²) in [4.78, 5) is 11.7. The minimum atomic E-state index is -0.210.